The molecule has 0 fully saturated rings. The Morgan fingerprint density at radius 2 is 1.97 bits per heavy atom. The van der Waals surface area contributed by atoms with Crippen LogP contribution in [0.1, 0.15) is 29.3 Å². The van der Waals surface area contributed by atoms with Gasteiger partial charge in [-0.2, -0.15) is 0 Å². The number of aromatic nitrogens is 2. The number of rotatable bonds is 6. The van der Waals surface area contributed by atoms with E-state index in [1.54, 1.807) is 16.3 Å². The molecule has 7 heteroatoms. The van der Waals surface area contributed by atoms with Crippen molar-refractivity contribution < 1.29 is 4.79 Å². The Morgan fingerprint density at radius 3 is 2.74 bits per heavy atom. The van der Waals surface area contributed by atoms with Gasteiger partial charge in [-0.05, 0) is 36.6 Å². The Hall–Kier alpha value is -2.51. The third-order valence-electron chi connectivity index (χ3n) is 5.36. The van der Waals surface area contributed by atoms with Crippen LogP contribution in [0.15, 0.2) is 63.4 Å². The van der Waals surface area contributed by atoms with E-state index < -0.39 is 0 Å². The summed E-state index contributed by atoms with van der Waals surface area (Å²) in [5.41, 5.74) is 4.88. The Kier molecular flexibility index (Phi) is 6.53. The lowest BCUT2D eigenvalue weighted by Crippen LogP contribution is -2.26. The molecule has 1 N–H and O–H groups in total. The molecular formula is C24H25N3O2S2. The number of nitrogens with zero attached hydrogens (tertiary/aromatic N) is 2. The van der Waals surface area contributed by atoms with Crippen LogP contribution in [0.3, 0.4) is 0 Å². The highest BCUT2D eigenvalue weighted by atomic mass is 32.2. The molecular weight excluding hydrogens is 426 g/mol. The summed E-state index contributed by atoms with van der Waals surface area (Å²) in [6.45, 7) is 6.57. The van der Waals surface area contributed by atoms with Crippen molar-refractivity contribution in [3.63, 3.8) is 0 Å². The van der Waals surface area contributed by atoms with Gasteiger partial charge in [0.25, 0.3) is 5.56 Å². The van der Waals surface area contributed by atoms with E-state index in [4.69, 9.17) is 4.98 Å². The molecule has 5 nitrogen and oxygen atoms in total. The number of amides is 1. The van der Waals surface area contributed by atoms with Crippen molar-refractivity contribution in [3.05, 3.63) is 81.3 Å². The summed E-state index contributed by atoms with van der Waals surface area (Å²) in [6.07, 6.45) is 0.781. The van der Waals surface area contributed by atoms with Crippen molar-refractivity contribution >= 4 is 35.1 Å². The van der Waals surface area contributed by atoms with E-state index in [9.17, 15) is 9.59 Å². The number of fused-ring (bicyclic) bond motifs is 1. The van der Waals surface area contributed by atoms with Crippen LogP contribution in [0.25, 0.3) is 0 Å². The average Bonchev–Trinajstić information content (AvgIpc) is 3.13. The van der Waals surface area contributed by atoms with Crippen molar-refractivity contribution in [3.8, 4) is 0 Å². The number of carbonyl (C=O) groups excluding carboxylic acids is 1. The second-order valence-corrected chi connectivity index (χ2v) is 10.2. The van der Waals surface area contributed by atoms with Gasteiger partial charge in [-0.3, -0.25) is 14.2 Å². The molecule has 1 aliphatic heterocycles. The van der Waals surface area contributed by atoms with E-state index in [0.717, 1.165) is 39.4 Å². The van der Waals surface area contributed by atoms with E-state index >= 15 is 0 Å². The molecule has 1 unspecified atom stereocenters. The van der Waals surface area contributed by atoms with E-state index in [0.29, 0.717) is 17.0 Å². The van der Waals surface area contributed by atoms with Crippen LogP contribution < -0.4 is 10.9 Å². The second-order valence-electron chi connectivity index (χ2n) is 7.76. The van der Waals surface area contributed by atoms with Gasteiger partial charge in [0.2, 0.25) is 5.91 Å². The number of carbonyl (C=O) groups is 1. The summed E-state index contributed by atoms with van der Waals surface area (Å²) in [6, 6.07) is 15.7. The van der Waals surface area contributed by atoms with Crippen LogP contribution in [0, 0.1) is 13.8 Å². The van der Waals surface area contributed by atoms with Gasteiger partial charge in [-0.1, -0.05) is 61.2 Å². The quantitative estimate of drug-likeness (QED) is 0.436. The molecule has 1 amide bonds. The lowest BCUT2D eigenvalue weighted by Gasteiger charge is -2.14. The molecule has 1 atom stereocenters. The molecule has 1 aromatic heterocycles. The van der Waals surface area contributed by atoms with Crippen LogP contribution in [0.4, 0.5) is 5.69 Å². The molecule has 2 heterocycles. The van der Waals surface area contributed by atoms with Gasteiger partial charge in [0.15, 0.2) is 5.16 Å². The highest BCUT2D eigenvalue weighted by molar-refractivity contribution is 8.00. The predicted octanol–water partition coefficient (Wildman–Crippen LogP) is 4.68. The fourth-order valence-corrected chi connectivity index (χ4v) is 5.48. The zero-order valence-electron chi connectivity index (χ0n) is 17.8. The molecule has 2 aromatic carbocycles. The Morgan fingerprint density at radius 1 is 1.19 bits per heavy atom. The number of thioether (sulfide) groups is 2. The van der Waals surface area contributed by atoms with Crippen LogP contribution in [0.2, 0.25) is 0 Å². The first-order valence-electron chi connectivity index (χ1n) is 10.3. The number of hydrogen-bond donors (Lipinski definition) is 1. The van der Waals surface area contributed by atoms with Crippen molar-refractivity contribution in [2.75, 3.05) is 11.1 Å². The van der Waals surface area contributed by atoms with Crippen molar-refractivity contribution in [2.45, 2.75) is 49.0 Å². The number of anilines is 1. The Labute approximate surface area is 190 Å². The van der Waals surface area contributed by atoms with Crippen molar-refractivity contribution in [2.24, 2.45) is 0 Å². The minimum Gasteiger partial charge on any atom is -0.325 e. The van der Waals surface area contributed by atoms with Crippen LogP contribution >= 0.6 is 23.5 Å². The number of benzene rings is 2. The highest BCUT2D eigenvalue weighted by Crippen LogP contribution is 2.34. The molecule has 0 spiro atoms. The van der Waals surface area contributed by atoms with Gasteiger partial charge in [0, 0.05) is 17.4 Å². The fraction of sp³-hybridized carbons (Fsp3) is 0.292. The zero-order valence-corrected chi connectivity index (χ0v) is 19.5. The molecule has 0 saturated carbocycles. The average molecular weight is 452 g/mol. The Bertz CT molecular complexity index is 1180. The largest absolute Gasteiger partial charge is 0.325 e. The predicted molar refractivity (Wildman–Crippen MR) is 128 cm³/mol. The van der Waals surface area contributed by atoms with Crippen molar-refractivity contribution in [1.29, 1.82) is 0 Å². The SMILES string of the molecule is Cc1cccc(NC(=O)CSc2nc3c(c(=O)n2Cc2ccccc2)SC(C)C3)c1C. The van der Waals surface area contributed by atoms with Gasteiger partial charge in [-0.15, -0.1) is 11.8 Å². The van der Waals surface area contributed by atoms with Crippen molar-refractivity contribution in [1.82, 2.24) is 9.55 Å². The first-order valence-corrected chi connectivity index (χ1v) is 12.1. The third kappa shape index (κ3) is 4.88. The van der Waals surface area contributed by atoms with Crippen LogP contribution in [-0.4, -0.2) is 26.5 Å². The first-order chi connectivity index (χ1) is 14.9. The summed E-state index contributed by atoms with van der Waals surface area (Å²) >= 11 is 2.91. The molecule has 0 aliphatic carbocycles. The maximum absolute atomic E-state index is 13.2. The minimum atomic E-state index is -0.109. The first kappa shape index (κ1) is 21.7. The van der Waals surface area contributed by atoms with Gasteiger partial charge in [-0.25, -0.2) is 4.98 Å². The Balaban J connectivity index is 1.57. The molecule has 160 valence electrons. The topological polar surface area (TPSA) is 64.0 Å². The summed E-state index contributed by atoms with van der Waals surface area (Å²) in [4.78, 5) is 31.4. The van der Waals surface area contributed by atoms with Gasteiger partial charge >= 0.3 is 0 Å². The summed E-state index contributed by atoms with van der Waals surface area (Å²) in [5, 5.41) is 3.92. The van der Waals surface area contributed by atoms with Gasteiger partial charge < -0.3 is 5.32 Å². The number of hydrogen-bond acceptors (Lipinski definition) is 5. The number of nitrogens with one attached hydrogen (secondary N) is 1. The van der Waals surface area contributed by atoms with Crippen LogP contribution in [-0.2, 0) is 17.8 Å². The van der Waals surface area contributed by atoms with E-state index in [2.05, 4.69) is 12.2 Å². The molecule has 0 radical (unpaired) electrons. The van der Waals surface area contributed by atoms with E-state index in [1.165, 1.54) is 11.8 Å². The summed E-state index contributed by atoms with van der Waals surface area (Å²) in [7, 11) is 0. The molecule has 3 aromatic rings. The van der Waals surface area contributed by atoms with Gasteiger partial charge in [0.05, 0.1) is 22.9 Å². The molecule has 1 aliphatic rings. The third-order valence-corrected chi connectivity index (χ3v) is 7.55. The molecule has 31 heavy (non-hydrogen) atoms. The molecule has 0 saturated heterocycles. The van der Waals surface area contributed by atoms with Crippen LogP contribution in [0.5, 0.6) is 0 Å². The summed E-state index contributed by atoms with van der Waals surface area (Å²) in [5.74, 6) is 0.0817. The second kappa shape index (κ2) is 9.32. The highest BCUT2D eigenvalue weighted by Gasteiger charge is 2.26. The molecule has 4 rings (SSSR count). The van der Waals surface area contributed by atoms with Gasteiger partial charge in [0.1, 0.15) is 0 Å². The fourth-order valence-electron chi connectivity index (χ4n) is 3.55. The number of aryl methyl sites for hydroxylation is 1. The monoisotopic (exact) mass is 451 g/mol. The smallest absolute Gasteiger partial charge is 0.268 e. The maximum atomic E-state index is 13.2. The summed E-state index contributed by atoms with van der Waals surface area (Å²) < 4.78 is 1.70. The standard InChI is InChI=1S/C24H25N3O2S2/c1-15-8-7-11-19(17(15)3)25-21(28)14-30-24-26-20-12-16(2)31-22(20)23(29)27(24)13-18-9-5-4-6-10-18/h4-11,16H,12-14H2,1-3H3,(H,25,28). The lowest BCUT2D eigenvalue weighted by atomic mass is 10.1. The molecule has 0 bridgehead atoms. The van der Waals surface area contributed by atoms with E-state index in [-0.39, 0.29) is 17.2 Å². The normalized spacial score (nSPS) is 15.0. The van der Waals surface area contributed by atoms with E-state index in [1.807, 2.05) is 62.4 Å². The lowest BCUT2D eigenvalue weighted by molar-refractivity contribution is -0.113. The zero-order chi connectivity index (χ0) is 22.0. The maximum Gasteiger partial charge on any atom is 0.268 e. The minimum absolute atomic E-state index is 0.0133.